The van der Waals surface area contributed by atoms with Gasteiger partial charge in [0.15, 0.2) is 0 Å². The van der Waals surface area contributed by atoms with Crippen LogP contribution in [0.4, 0.5) is 16.2 Å². The number of hydrogen-bond acceptors (Lipinski definition) is 2. The Balaban J connectivity index is 1.46. The highest BCUT2D eigenvalue weighted by Crippen LogP contribution is 2.26. The average molecular weight is 411 g/mol. The molecule has 3 aromatic carbocycles. The van der Waals surface area contributed by atoms with Gasteiger partial charge in [-0.15, -0.1) is 0 Å². The van der Waals surface area contributed by atoms with E-state index >= 15 is 0 Å². The molecule has 0 unspecified atom stereocenters. The van der Waals surface area contributed by atoms with Gasteiger partial charge < -0.3 is 10.6 Å². The summed E-state index contributed by atoms with van der Waals surface area (Å²) in [5, 5.41) is 13.1. The Kier molecular flexibility index (Phi) is 5.19. The number of aromatic nitrogens is 2. The van der Waals surface area contributed by atoms with Crippen molar-refractivity contribution in [2.24, 2.45) is 0 Å². The van der Waals surface area contributed by atoms with Crippen LogP contribution in [0.2, 0.25) is 10.0 Å². The summed E-state index contributed by atoms with van der Waals surface area (Å²) in [5.41, 5.74) is 2.09. The van der Waals surface area contributed by atoms with Gasteiger partial charge in [-0.25, -0.2) is 4.79 Å². The highest BCUT2D eigenvalue weighted by Gasteiger charge is 2.10. The number of carbonyl (C=O) groups excluding carboxylic acids is 1. The van der Waals surface area contributed by atoms with Crippen molar-refractivity contribution in [1.29, 1.82) is 0 Å². The minimum atomic E-state index is -0.341. The van der Waals surface area contributed by atoms with Gasteiger partial charge in [-0.1, -0.05) is 65.7 Å². The second kappa shape index (κ2) is 7.92. The predicted octanol–water partition coefficient (Wildman–Crippen LogP) is 6.04. The molecule has 140 valence electrons. The van der Waals surface area contributed by atoms with Gasteiger partial charge in [0.1, 0.15) is 0 Å². The number of nitrogens with one attached hydrogen (secondary N) is 2. The first-order valence-corrected chi connectivity index (χ1v) is 9.37. The molecule has 4 aromatic rings. The van der Waals surface area contributed by atoms with Crippen molar-refractivity contribution in [2.45, 2.75) is 6.54 Å². The van der Waals surface area contributed by atoms with Crippen LogP contribution < -0.4 is 10.6 Å². The zero-order valence-electron chi connectivity index (χ0n) is 14.7. The number of fused-ring (bicyclic) bond motifs is 1. The number of amides is 2. The van der Waals surface area contributed by atoms with E-state index in [1.165, 1.54) is 0 Å². The molecule has 1 aromatic heterocycles. The number of rotatable bonds is 4. The molecular formula is C21H16Cl2N4O. The largest absolute Gasteiger partial charge is 0.323 e. The molecule has 7 heteroatoms. The summed E-state index contributed by atoms with van der Waals surface area (Å²) in [6, 6.07) is 18.7. The molecule has 2 N–H and O–H groups in total. The van der Waals surface area contributed by atoms with E-state index in [4.69, 9.17) is 23.2 Å². The van der Waals surface area contributed by atoms with Crippen LogP contribution in [-0.4, -0.2) is 15.8 Å². The zero-order valence-corrected chi connectivity index (χ0v) is 16.2. The molecule has 0 radical (unpaired) electrons. The van der Waals surface area contributed by atoms with Crippen LogP contribution in [0.3, 0.4) is 0 Å². The van der Waals surface area contributed by atoms with E-state index in [-0.39, 0.29) is 6.03 Å². The minimum Gasteiger partial charge on any atom is -0.307 e. The number of hydrogen-bond donors (Lipinski definition) is 2. The summed E-state index contributed by atoms with van der Waals surface area (Å²) in [6.07, 6.45) is 3.30. The molecule has 0 saturated heterocycles. The van der Waals surface area contributed by atoms with E-state index in [2.05, 4.69) is 15.7 Å². The van der Waals surface area contributed by atoms with Crippen molar-refractivity contribution >= 4 is 51.4 Å². The van der Waals surface area contributed by atoms with Gasteiger partial charge in [0.25, 0.3) is 0 Å². The van der Waals surface area contributed by atoms with Gasteiger partial charge >= 0.3 is 6.03 Å². The highest BCUT2D eigenvalue weighted by atomic mass is 35.5. The van der Waals surface area contributed by atoms with Crippen LogP contribution in [0, 0.1) is 0 Å². The Hall–Kier alpha value is -3.02. The molecule has 0 atom stereocenters. The summed E-state index contributed by atoms with van der Waals surface area (Å²) in [4.78, 5) is 12.4. The van der Waals surface area contributed by atoms with E-state index in [0.29, 0.717) is 22.3 Å². The maximum atomic E-state index is 12.4. The molecular weight excluding hydrogens is 395 g/mol. The molecule has 0 bridgehead atoms. The van der Waals surface area contributed by atoms with E-state index in [0.717, 1.165) is 22.0 Å². The molecule has 4 rings (SSSR count). The van der Waals surface area contributed by atoms with Crippen LogP contribution >= 0.6 is 23.2 Å². The summed E-state index contributed by atoms with van der Waals surface area (Å²) >= 11 is 12.4. The third-order valence-electron chi connectivity index (χ3n) is 4.31. The van der Waals surface area contributed by atoms with Crippen molar-refractivity contribution in [3.8, 4) is 0 Å². The topological polar surface area (TPSA) is 59.0 Å². The molecule has 1 heterocycles. The molecule has 0 saturated carbocycles. The number of urea groups is 1. The second-order valence-electron chi connectivity index (χ2n) is 6.23. The first-order chi connectivity index (χ1) is 13.6. The Morgan fingerprint density at radius 3 is 2.46 bits per heavy atom. The lowest BCUT2D eigenvalue weighted by Gasteiger charge is -2.09. The summed E-state index contributed by atoms with van der Waals surface area (Å²) in [7, 11) is 0. The lowest BCUT2D eigenvalue weighted by Crippen LogP contribution is -2.19. The van der Waals surface area contributed by atoms with Gasteiger partial charge in [0.05, 0.1) is 24.1 Å². The van der Waals surface area contributed by atoms with Crippen molar-refractivity contribution in [2.75, 3.05) is 10.6 Å². The van der Waals surface area contributed by atoms with Crippen molar-refractivity contribution < 1.29 is 4.79 Å². The molecule has 0 aliphatic heterocycles. The van der Waals surface area contributed by atoms with Gasteiger partial charge in [0, 0.05) is 27.2 Å². The van der Waals surface area contributed by atoms with Gasteiger partial charge in [-0.05, 0) is 23.6 Å². The van der Waals surface area contributed by atoms with Crippen LogP contribution in [-0.2, 0) is 6.54 Å². The second-order valence-corrected chi connectivity index (χ2v) is 7.05. The molecule has 28 heavy (non-hydrogen) atoms. The number of halogens is 2. The van der Waals surface area contributed by atoms with Crippen molar-refractivity contribution in [1.82, 2.24) is 9.78 Å². The van der Waals surface area contributed by atoms with Crippen LogP contribution in [0.1, 0.15) is 5.56 Å². The molecule has 0 aliphatic rings. The number of nitrogens with zero attached hydrogens (tertiary/aromatic N) is 2. The standard InChI is InChI=1S/C21H16Cl2N4O/c22-18-8-4-9-19(23)17(18)13-27-12-15(11-24-27)25-21(28)26-20-10-3-6-14-5-1-2-7-16(14)20/h1-12H,13H2,(H2,25,26,28). The van der Waals surface area contributed by atoms with Crippen molar-refractivity contribution in [3.63, 3.8) is 0 Å². The Labute approximate surface area is 171 Å². The van der Waals surface area contributed by atoms with E-state index in [1.807, 2.05) is 42.5 Å². The highest BCUT2D eigenvalue weighted by molar-refractivity contribution is 6.36. The Morgan fingerprint density at radius 2 is 1.64 bits per heavy atom. The number of benzene rings is 3. The monoisotopic (exact) mass is 410 g/mol. The minimum absolute atomic E-state index is 0.341. The third kappa shape index (κ3) is 3.96. The normalized spacial score (nSPS) is 10.8. The van der Waals surface area contributed by atoms with E-state index in [9.17, 15) is 4.79 Å². The molecule has 0 aliphatic carbocycles. The predicted molar refractivity (Wildman–Crippen MR) is 114 cm³/mol. The first kappa shape index (κ1) is 18.3. The average Bonchev–Trinajstić information content (AvgIpc) is 3.12. The molecule has 2 amide bonds. The maximum absolute atomic E-state index is 12.4. The summed E-state index contributed by atoms with van der Waals surface area (Å²) < 4.78 is 1.67. The quantitative estimate of drug-likeness (QED) is 0.431. The van der Waals surface area contributed by atoms with Crippen LogP contribution in [0.25, 0.3) is 10.8 Å². The van der Waals surface area contributed by atoms with Crippen molar-refractivity contribution in [3.05, 3.63) is 88.7 Å². The molecule has 0 fully saturated rings. The fraction of sp³-hybridized carbons (Fsp3) is 0.0476. The SMILES string of the molecule is O=C(Nc1cnn(Cc2c(Cl)cccc2Cl)c1)Nc1cccc2ccccc12. The zero-order chi connectivity index (χ0) is 19.5. The first-order valence-electron chi connectivity index (χ1n) is 8.61. The van der Waals surface area contributed by atoms with Gasteiger partial charge in [-0.2, -0.15) is 5.10 Å². The lowest BCUT2D eigenvalue weighted by molar-refractivity contribution is 0.262. The van der Waals surface area contributed by atoms with Crippen LogP contribution in [0.15, 0.2) is 73.1 Å². The fourth-order valence-corrected chi connectivity index (χ4v) is 3.50. The van der Waals surface area contributed by atoms with E-state index < -0.39 is 0 Å². The van der Waals surface area contributed by atoms with Gasteiger partial charge in [0.2, 0.25) is 0 Å². The van der Waals surface area contributed by atoms with E-state index in [1.54, 1.807) is 35.3 Å². The molecule has 0 spiro atoms. The Bertz CT molecular complexity index is 1130. The Morgan fingerprint density at radius 1 is 0.929 bits per heavy atom. The van der Waals surface area contributed by atoms with Gasteiger partial charge in [-0.3, -0.25) is 4.68 Å². The number of anilines is 2. The maximum Gasteiger partial charge on any atom is 0.323 e. The lowest BCUT2D eigenvalue weighted by atomic mass is 10.1. The van der Waals surface area contributed by atoms with Crippen LogP contribution in [0.5, 0.6) is 0 Å². The third-order valence-corrected chi connectivity index (χ3v) is 5.02. The summed E-state index contributed by atoms with van der Waals surface area (Å²) in [6.45, 7) is 0.408. The smallest absolute Gasteiger partial charge is 0.307 e. The fourth-order valence-electron chi connectivity index (χ4n) is 2.98. The number of carbonyl (C=O) groups is 1. The summed E-state index contributed by atoms with van der Waals surface area (Å²) in [5.74, 6) is 0. The molecule has 5 nitrogen and oxygen atoms in total.